The summed E-state index contributed by atoms with van der Waals surface area (Å²) in [5.41, 5.74) is -0.0617. The smallest absolute Gasteiger partial charge is 0.254 e. The van der Waals surface area contributed by atoms with E-state index in [1.54, 1.807) is 0 Å². The second kappa shape index (κ2) is 5.99. The highest BCUT2D eigenvalue weighted by Gasteiger charge is 2.27. The van der Waals surface area contributed by atoms with Crippen LogP contribution in [0.5, 0.6) is 0 Å². The van der Waals surface area contributed by atoms with Crippen molar-refractivity contribution < 1.29 is 17.6 Å². The summed E-state index contributed by atoms with van der Waals surface area (Å²) in [6, 6.07) is 5.01. The monoisotopic (exact) mass is 353 g/mol. The molecule has 0 unspecified atom stereocenters. The van der Waals surface area contributed by atoms with Crippen LogP contribution in [0.1, 0.15) is 10.4 Å². The van der Waals surface area contributed by atoms with E-state index in [9.17, 15) is 22.4 Å². The quantitative estimate of drug-likeness (QED) is 0.845. The minimum Gasteiger partial charge on any atom is -0.336 e. The third-order valence-electron chi connectivity index (χ3n) is 4.03. The maximum absolute atomic E-state index is 13.3. The van der Waals surface area contributed by atoms with Gasteiger partial charge in [0.15, 0.2) is 0 Å². The van der Waals surface area contributed by atoms with E-state index in [0.29, 0.717) is 5.39 Å². The molecule has 3 rings (SSSR count). The van der Waals surface area contributed by atoms with Gasteiger partial charge in [0, 0.05) is 37.6 Å². The van der Waals surface area contributed by atoms with Gasteiger partial charge in [-0.3, -0.25) is 9.59 Å². The Morgan fingerprint density at radius 2 is 1.83 bits per heavy atom. The molecule has 1 amide bonds. The Morgan fingerprint density at radius 1 is 1.17 bits per heavy atom. The predicted octanol–water partition coefficient (Wildman–Crippen LogP) is 0.385. The van der Waals surface area contributed by atoms with Gasteiger partial charge < -0.3 is 9.88 Å². The van der Waals surface area contributed by atoms with Crippen LogP contribution < -0.4 is 5.56 Å². The number of pyridine rings is 1. The van der Waals surface area contributed by atoms with Gasteiger partial charge in [0.25, 0.3) is 5.91 Å². The molecule has 0 radical (unpaired) electrons. The number of amides is 1. The number of hydrogen-bond acceptors (Lipinski definition) is 4. The molecule has 128 valence electrons. The number of piperazine rings is 1. The largest absolute Gasteiger partial charge is 0.336 e. The molecule has 7 nitrogen and oxygen atoms in total. The van der Waals surface area contributed by atoms with Crippen molar-refractivity contribution in [1.29, 1.82) is 0 Å². The Balaban J connectivity index is 1.91. The predicted molar refractivity (Wildman–Crippen MR) is 86.8 cm³/mol. The number of sulfonamides is 1. The van der Waals surface area contributed by atoms with Crippen molar-refractivity contribution in [3.05, 3.63) is 46.0 Å². The first-order valence-electron chi connectivity index (χ1n) is 7.33. The van der Waals surface area contributed by atoms with Gasteiger partial charge >= 0.3 is 0 Å². The molecule has 1 aromatic carbocycles. The van der Waals surface area contributed by atoms with Crippen molar-refractivity contribution in [3.8, 4) is 0 Å². The number of fused-ring (bicyclic) bond motifs is 1. The van der Waals surface area contributed by atoms with Gasteiger partial charge in [-0.1, -0.05) is 0 Å². The van der Waals surface area contributed by atoms with Crippen LogP contribution in [0.15, 0.2) is 29.1 Å². The van der Waals surface area contributed by atoms with Crippen LogP contribution in [0.4, 0.5) is 4.39 Å². The van der Waals surface area contributed by atoms with E-state index in [-0.39, 0.29) is 43.2 Å². The molecule has 1 fully saturated rings. The summed E-state index contributed by atoms with van der Waals surface area (Å²) in [5, 5.41) is 0.451. The number of H-pyrrole nitrogens is 1. The van der Waals surface area contributed by atoms with E-state index >= 15 is 0 Å². The Labute approximate surface area is 137 Å². The van der Waals surface area contributed by atoms with Gasteiger partial charge in [0.1, 0.15) is 5.82 Å². The van der Waals surface area contributed by atoms with Gasteiger partial charge in [-0.25, -0.2) is 12.8 Å². The Morgan fingerprint density at radius 3 is 2.46 bits per heavy atom. The van der Waals surface area contributed by atoms with E-state index in [2.05, 4.69) is 4.98 Å². The number of aromatic amines is 1. The maximum atomic E-state index is 13.3. The van der Waals surface area contributed by atoms with E-state index < -0.39 is 21.4 Å². The molecule has 0 aliphatic carbocycles. The SMILES string of the molecule is CS(=O)(=O)N1CCN(C(=O)c2cc(=O)[nH]c3cc(F)ccc23)CC1. The summed E-state index contributed by atoms with van der Waals surface area (Å²) in [6.07, 6.45) is 1.13. The lowest BCUT2D eigenvalue weighted by molar-refractivity contribution is 0.0700. The molecule has 1 saturated heterocycles. The zero-order valence-electron chi connectivity index (χ0n) is 13.0. The van der Waals surface area contributed by atoms with Gasteiger partial charge in [-0.05, 0) is 18.2 Å². The van der Waals surface area contributed by atoms with Crippen LogP contribution in [0.3, 0.4) is 0 Å². The van der Waals surface area contributed by atoms with Crippen LogP contribution in [0.25, 0.3) is 10.9 Å². The highest BCUT2D eigenvalue weighted by Crippen LogP contribution is 2.19. The zero-order chi connectivity index (χ0) is 17.5. The van der Waals surface area contributed by atoms with Crippen LogP contribution in [-0.2, 0) is 10.0 Å². The van der Waals surface area contributed by atoms with Crippen molar-refractivity contribution in [2.24, 2.45) is 0 Å². The van der Waals surface area contributed by atoms with Crippen LogP contribution in [0.2, 0.25) is 0 Å². The average molecular weight is 353 g/mol. The number of aromatic nitrogens is 1. The van der Waals surface area contributed by atoms with E-state index in [1.807, 2.05) is 0 Å². The normalized spacial score (nSPS) is 16.5. The number of carbonyl (C=O) groups is 1. The maximum Gasteiger partial charge on any atom is 0.254 e. The lowest BCUT2D eigenvalue weighted by Crippen LogP contribution is -2.50. The summed E-state index contributed by atoms with van der Waals surface area (Å²) in [5.74, 6) is -0.879. The minimum absolute atomic E-state index is 0.182. The number of rotatable bonds is 2. The zero-order valence-corrected chi connectivity index (χ0v) is 13.8. The van der Waals surface area contributed by atoms with Gasteiger partial charge in [0.05, 0.1) is 17.3 Å². The lowest BCUT2D eigenvalue weighted by Gasteiger charge is -2.33. The van der Waals surface area contributed by atoms with Gasteiger partial charge in [0.2, 0.25) is 15.6 Å². The molecule has 0 saturated carbocycles. The Hall–Kier alpha value is -2.26. The lowest BCUT2D eigenvalue weighted by atomic mass is 10.1. The molecule has 1 aromatic heterocycles. The molecule has 1 N–H and O–H groups in total. The van der Waals surface area contributed by atoms with Crippen LogP contribution >= 0.6 is 0 Å². The molecule has 9 heteroatoms. The third kappa shape index (κ3) is 3.17. The summed E-state index contributed by atoms with van der Waals surface area (Å²) in [6.45, 7) is 0.892. The first-order valence-corrected chi connectivity index (χ1v) is 9.17. The molecular formula is C15H16FN3O4S. The molecule has 2 heterocycles. The van der Waals surface area contributed by atoms with Crippen LogP contribution in [0, 0.1) is 5.82 Å². The molecular weight excluding hydrogens is 337 g/mol. The number of nitrogens with zero attached hydrogens (tertiary/aromatic N) is 2. The molecule has 1 aliphatic rings. The molecule has 0 atom stereocenters. The topological polar surface area (TPSA) is 90.6 Å². The molecule has 0 bridgehead atoms. The Kier molecular flexibility index (Phi) is 4.14. The second-order valence-electron chi connectivity index (χ2n) is 5.69. The van der Waals surface area contributed by atoms with Crippen molar-refractivity contribution >= 4 is 26.8 Å². The van der Waals surface area contributed by atoms with E-state index in [1.165, 1.54) is 27.4 Å². The first-order chi connectivity index (χ1) is 11.3. The fourth-order valence-electron chi connectivity index (χ4n) is 2.80. The molecule has 24 heavy (non-hydrogen) atoms. The van der Waals surface area contributed by atoms with Crippen molar-refractivity contribution in [1.82, 2.24) is 14.2 Å². The van der Waals surface area contributed by atoms with Gasteiger partial charge in [-0.2, -0.15) is 4.31 Å². The van der Waals surface area contributed by atoms with E-state index in [0.717, 1.165) is 12.3 Å². The van der Waals surface area contributed by atoms with Crippen molar-refractivity contribution in [3.63, 3.8) is 0 Å². The third-order valence-corrected chi connectivity index (χ3v) is 5.33. The second-order valence-corrected chi connectivity index (χ2v) is 7.67. The average Bonchev–Trinajstić information content (AvgIpc) is 2.52. The van der Waals surface area contributed by atoms with Crippen LogP contribution in [-0.4, -0.2) is 60.9 Å². The summed E-state index contributed by atoms with van der Waals surface area (Å²) in [7, 11) is -3.29. The molecule has 1 aliphatic heterocycles. The fourth-order valence-corrected chi connectivity index (χ4v) is 3.63. The highest BCUT2D eigenvalue weighted by molar-refractivity contribution is 7.88. The fraction of sp³-hybridized carbons (Fsp3) is 0.333. The summed E-state index contributed by atoms with van der Waals surface area (Å²) >= 11 is 0. The number of halogens is 1. The first kappa shape index (κ1) is 16.6. The number of benzene rings is 1. The van der Waals surface area contributed by atoms with Crippen molar-refractivity contribution in [2.45, 2.75) is 0 Å². The molecule has 2 aromatic rings. The number of carbonyl (C=O) groups excluding carboxylic acids is 1. The van der Waals surface area contributed by atoms with E-state index in [4.69, 9.17) is 0 Å². The Bertz CT molecular complexity index is 962. The van der Waals surface area contributed by atoms with Crippen molar-refractivity contribution in [2.75, 3.05) is 32.4 Å². The summed E-state index contributed by atoms with van der Waals surface area (Å²) in [4.78, 5) is 28.5. The number of hydrogen-bond donors (Lipinski definition) is 1. The molecule has 0 spiro atoms. The standard InChI is InChI=1S/C15H16FN3O4S/c1-24(22,23)19-6-4-18(5-7-19)15(21)12-9-14(20)17-13-8-10(16)2-3-11(12)13/h2-3,8-9H,4-7H2,1H3,(H,17,20). The summed E-state index contributed by atoms with van der Waals surface area (Å²) < 4.78 is 37.7. The minimum atomic E-state index is -3.29. The highest BCUT2D eigenvalue weighted by atomic mass is 32.2. The van der Waals surface area contributed by atoms with Gasteiger partial charge in [-0.15, -0.1) is 0 Å². The number of nitrogens with one attached hydrogen (secondary N) is 1.